The number of carbonyl (C=O) groups is 1. The lowest BCUT2D eigenvalue weighted by Crippen LogP contribution is -2.48. The molecule has 2 N–H and O–H groups in total. The van der Waals surface area contributed by atoms with Gasteiger partial charge in [0.1, 0.15) is 5.69 Å². The highest BCUT2D eigenvalue weighted by atomic mass is 16.5. The summed E-state index contributed by atoms with van der Waals surface area (Å²) in [6.45, 7) is 3.78. The highest BCUT2D eigenvalue weighted by molar-refractivity contribution is 5.93. The number of aromatic nitrogens is 1. The predicted octanol–water partition coefficient (Wildman–Crippen LogP) is 0.884. The van der Waals surface area contributed by atoms with Crippen LogP contribution in [0.4, 0.5) is 5.69 Å². The largest absolute Gasteiger partial charge is 0.480 e. The number of pyridine rings is 1. The quantitative estimate of drug-likeness (QED) is 0.813. The Hall–Kier alpha value is -1.62. The van der Waals surface area contributed by atoms with E-state index in [4.69, 9.17) is 4.74 Å². The summed E-state index contributed by atoms with van der Waals surface area (Å²) in [7, 11) is 1.54. The third kappa shape index (κ3) is 2.55. The summed E-state index contributed by atoms with van der Waals surface area (Å²) in [6.07, 6.45) is 1.63. The van der Waals surface area contributed by atoms with Crippen molar-refractivity contribution in [2.45, 2.75) is 6.92 Å². The van der Waals surface area contributed by atoms with Crippen LogP contribution in [-0.4, -0.2) is 31.1 Å². The highest BCUT2D eigenvalue weighted by Crippen LogP contribution is 2.23. The van der Waals surface area contributed by atoms with E-state index in [2.05, 4.69) is 15.6 Å². The van der Waals surface area contributed by atoms with Crippen molar-refractivity contribution >= 4 is 11.6 Å². The summed E-state index contributed by atoms with van der Waals surface area (Å²) >= 11 is 0. The minimum Gasteiger partial charge on any atom is -0.480 e. The van der Waals surface area contributed by atoms with Crippen LogP contribution in [0.2, 0.25) is 0 Å². The van der Waals surface area contributed by atoms with Crippen LogP contribution in [0, 0.1) is 11.8 Å². The van der Waals surface area contributed by atoms with Gasteiger partial charge in [-0.2, -0.15) is 0 Å². The number of amides is 1. The molecule has 1 aliphatic rings. The van der Waals surface area contributed by atoms with Crippen molar-refractivity contribution in [3.63, 3.8) is 0 Å². The number of methoxy groups -OCH3 is 1. The summed E-state index contributed by atoms with van der Waals surface area (Å²) in [4.78, 5) is 16.0. The van der Waals surface area contributed by atoms with Gasteiger partial charge in [-0.15, -0.1) is 0 Å². The molecule has 0 radical (unpaired) electrons. The van der Waals surface area contributed by atoms with Gasteiger partial charge in [0, 0.05) is 12.1 Å². The molecule has 0 bridgehead atoms. The van der Waals surface area contributed by atoms with Crippen LogP contribution in [0.25, 0.3) is 0 Å². The van der Waals surface area contributed by atoms with E-state index >= 15 is 0 Å². The molecule has 1 fully saturated rings. The van der Waals surface area contributed by atoms with Crippen molar-refractivity contribution in [2.24, 2.45) is 11.8 Å². The molecule has 17 heavy (non-hydrogen) atoms. The molecule has 1 amide bonds. The lowest BCUT2D eigenvalue weighted by molar-refractivity contribution is -0.121. The van der Waals surface area contributed by atoms with Gasteiger partial charge < -0.3 is 15.4 Å². The Balaban J connectivity index is 2.01. The molecule has 1 aliphatic heterocycles. The first-order chi connectivity index (χ1) is 8.22. The third-order valence-electron chi connectivity index (χ3n) is 3.16. The Morgan fingerprint density at radius 2 is 2.41 bits per heavy atom. The third-order valence-corrected chi connectivity index (χ3v) is 3.16. The summed E-state index contributed by atoms with van der Waals surface area (Å²) < 4.78 is 5.09. The van der Waals surface area contributed by atoms with E-state index in [0.29, 0.717) is 17.5 Å². The Labute approximate surface area is 101 Å². The Kier molecular flexibility index (Phi) is 3.58. The molecule has 5 nitrogen and oxygen atoms in total. The van der Waals surface area contributed by atoms with E-state index in [-0.39, 0.29) is 11.8 Å². The van der Waals surface area contributed by atoms with E-state index < -0.39 is 0 Å². The first kappa shape index (κ1) is 11.9. The fourth-order valence-corrected chi connectivity index (χ4v) is 1.77. The van der Waals surface area contributed by atoms with Gasteiger partial charge >= 0.3 is 0 Å². The zero-order valence-corrected chi connectivity index (χ0v) is 10.1. The minimum atomic E-state index is 0.00108. The van der Waals surface area contributed by atoms with Gasteiger partial charge in [-0.05, 0) is 31.1 Å². The summed E-state index contributed by atoms with van der Waals surface area (Å²) in [5, 5.41) is 6.02. The van der Waals surface area contributed by atoms with Gasteiger partial charge in [-0.1, -0.05) is 6.92 Å². The lowest BCUT2D eigenvalue weighted by atomic mass is 9.88. The predicted molar refractivity (Wildman–Crippen MR) is 64.9 cm³/mol. The van der Waals surface area contributed by atoms with Crippen LogP contribution >= 0.6 is 0 Å². The van der Waals surface area contributed by atoms with Crippen LogP contribution in [0.1, 0.15) is 6.92 Å². The maximum Gasteiger partial charge on any atom is 0.237 e. The fourth-order valence-electron chi connectivity index (χ4n) is 1.77. The Morgan fingerprint density at radius 1 is 1.65 bits per heavy atom. The second-order valence-electron chi connectivity index (χ2n) is 4.26. The van der Waals surface area contributed by atoms with Crippen LogP contribution in [0.3, 0.4) is 0 Å². The second kappa shape index (κ2) is 5.14. The first-order valence-electron chi connectivity index (χ1n) is 5.73. The summed E-state index contributed by atoms with van der Waals surface area (Å²) in [5.74, 6) is 0.890. The van der Waals surface area contributed by atoms with Gasteiger partial charge in [0.2, 0.25) is 11.8 Å². The number of nitrogens with one attached hydrogen (secondary N) is 2. The van der Waals surface area contributed by atoms with Gasteiger partial charge in [0.05, 0.1) is 7.11 Å². The average molecular weight is 235 g/mol. The maximum absolute atomic E-state index is 12.0. The standard InChI is InChI=1S/C12H17N3O2/c1-8(9-6-13-7-9)11(16)15-10-4-3-5-14-12(10)17-2/h3-5,8-9,13H,6-7H2,1-2H3,(H,15,16). The van der Waals surface area contributed by atoms with Crippen molar-refractivity contribution in [3.8, 4) is 5.88 Å². The highest BCUT2D eigenvalue weighted by Gasteiger charge is 2.29. The molecule has 1 atom stereocenters. The normalized spacial score (nSPS) is 17.1. The molecule has 0 aromatic carbocycles. The molecule has 1 aromatic heterocycles. The smallest absolute Gasteiger partial charge is 0.237 e. The number of anilines is 1. The van der Waals surface area contributed by atoms with Crippen LogP contribution in [0.5, 0.6) is 5.88 Å². The molecular formula is C12H17N3O2. The average Bonchev–Trinajstić information content (AvgIpc) is 2.27. The van der Waals surface area contributed by atoms with E-state index in [0.717, 1.165) is 13.1 Å². The molecule has 0 aliphatic carbocycles. The van der Waals surface area contributed by atoms with Gasteiger partial charge in [0.15, 0.2) is 0 Å². The van der Waals surface area contributed by atoms with E-state index in [1.54, 1.807) is 18.3 Å². The molecular weight excluding hydrogens is 218 g/mol. The molecule has 1 saturated heterocycles. The topological polar surface area (TPSA) is 63.2 Å². The van der Waals surface area contributed by atoms with Crippen LogP contribution in [0.15, 0.2) is 18.3 Å². The van der Waals surface area contributed by atoms with Crippen LogP contribution < -0.4 is 15.4 Å². The van der Waals surface area contributed by atoms with Crippen molar-refractivity contribution in [1.82, 2.24) is 10.3 Å². The summed E-state index contributed by atoms with van der Waals surface area (Å²) in [5.41, 5.74) is 0.624. The molecule has 0 saturated carbocycles. The number of ether oxygens (including phenoxy) is 1. The molecule has 1 unspecified atom stereocenters. The van der Waals surface area contributed by atoms with Crippen molar-refractivity contribution in [3.05, 3.63) is 18.3 Å². The second-order valence-corrected chi connectivity index (χ2v) is 4.26. The van der Waals surface area contributed by atoms with E-state index in [9.17, 15) is 4.79 Å². The molecule has 0 spiro atoms. The van der Waals surface area contributed by atoms with E-state index in [1.807, 2.05) is 6.92 Å². The number of hydrogen-bond acceptors (Lipinski definition) is 4. The lowest BCUT2D eigenvalue weighted by Gasteiger charge is -2.31. The zero-order valence-electron chi connectivity index (χ0n) is 10.1. The molecule has 1 aromatic rings. The monoisotopic (exact) mass is 235 g/mol. The van der Waals surface area contributed by atoms with Gasteiger partial charge in [-0.3, -0.25) is 4.79 Å². The molecule has 92 valence electrons. The van der Waals surface area contributed by atoms with Crippen molar-refractivity contribution in [2.75, 3.05) is 25.5 Å². The summed E-state index contributed by atoms with van der Waals surface area (Å²) in [6, 6.07) is 3.56. The number of carbonyl (C=O) groups excluding carboxylic acids is 1. The van der Waals surface area contributed by atoms with E-state index in [1.165, 1.54) is 7.11 Å². The van der Waals surface area contributed by atoms with Crippen LogP contribution in [-0.2, 0) is 4.79 Å². The number of rotatable bonds is 4. The number of hydrogen-bond donors (Lipinski definition) is 2. The fraction of sp³-hybridized carbons (Fsp3) is 0.500. The molecule has 2 heterocycles. The van der Waals surface area contributed by atoms with Crippen molar-refractivity contribution < 1.29 is 9.53 Å². The maximum atomic E-state index is 12.0. The first-order valence-corrected chi connectivity index (χ1v) is 5.73. The minimum absolute atomic E-state index is 0.00108. The number of nitrogens with zero attached hydrogens (tertiary/aromatic N) is 1. The van der Waals surface area contributed by atoms with Gasteiger partial charge in [-0.25, -0.2) is 4.98 Å². The SMILES string of the molecule is COc1ncccc1NC(=O)C(C)C1CNC1. The van der Waals surface area contributed by atoms with Gasteiger partial charge in [0.25, 0.3) is 0 Å². The Bertz CT molecular complexity index is 404. The Morgan fingerprint density at radius 3 is 3.00 bits per heavy atom. The van der Waals surface area contributed by atoms with Crippen molar-refractivity contribution in [1.29, 1.82) is 0 Å². The zero-order chi connectivity index (χ0) is 12.3. The molecule has 2 rings (SSSR count). The molecule has 5 heteroatoms.